The molecule has 35 heavy (non-hydrogen) atoms. The van der Waals surface area contributed by atoms with Crippen LogP contribution in [0.4, 0.5) is 11.5 Å². The van der Waals surface area contributed by atoms with Crippen LogP contribution in [0, 0.1) is 10.1 Å². The van der Waals surface area contributed by atoms with Gasteiger partial charge in [0, 0.05) is 11.6 Å². The number of nitrogens with two attached hydrogens (primary N) is 1. The van der Waals surface area contributed by atoms with E-state index in [1.165, 1.54) is 22.9 Å². The van der Waals surface area contributed by atoms with E-state index in [0.717, 1.165) is 6.21 Å². The molecule has 0 aliphatic rings. The fraction of sp³-hybridized carbons (Fsp3) is 0.100. The van der Waals surface area contributed by atoms with Crippen molar-refractivity contribution in [2.75, 3.05) is 12.3 Å². The fourth-order valence-electron chi connectivity index (χ4n) is 3.10. The minimum absolute atomic E-state index is 0.0172. The van der Waals surface area contributed by atoms with Gasteiger partial charge in [0.25, 0.3) is 11.6 Å². The van der Waals surface area contributed by atoms with Crippen LogP contribution in [0.25, 0.3) is 17.1 Å². The van der Waals surface area contributed by atoms with Gasteiger partial charge in [-0.2, -0.15) is 9.78 Å². The number of anilines is 1. The predicted molar refractivity (Wildman–Crippen MR) is 123 cm³/mol. The first-order valence-electron chi connectivity index (χ1n) is 9.94. The van der Waals surface area contributed by atoms with E-state index < -0.39 is 10.8 Å². The van der Waals surface area contributed by atoms with Crippen molar-refractivity contribution in [3.05, 3.63) is 68.9 Å². The maximum Gasteiger partial charge on any atom is 0.294 e. The Morgan fingerprint density at radius 3 is 2.86 bits per heavy atom. The fourth-order valence-corrected chi connectivity index (χ4v) is 3.32. The van der Waals surface area contributed by atoms with Crippen LogP contribution in [0.3, 0.4) is 0 Å². The Bertz CT molecular complexity index is 1430. The van der Waals surface area contributed by atoms with Crippen molar-refractivity contribution >= 4 is 35.2 Å². The van der Waals surface area contributed by atoms with Gasteiger partial charge in [-0.3, -0.25) is 14.9 Å². The lowest BCUT2D eigenvalue weighted by atomic mass is 10.1. The molecule has 2 aromatic heterocycles. The largest absolute Gasteiger partial charge is 0.494 e. The number of nitrogen functional groups attached to an aromatic ring is 1. The van der Waals surface area contributed by atoms with Crippen molar-refractivity contribution in [3.63, 3.8) is 0 Å². The van der Waals surface area contributed by atoms with Gasteiger partial charge < -0.3 is 10.5 Å². The third-order valence-electron chi connectivity index (χ3n) is 4.59. The predicted octanol–water partition coefficient (Wildman–Crippen LogP) is 2.62. The molecule has 0 bridgehead atoms. The van der Waals surface area contributed by atoms with Crippen LogP contribution < -0.4 is 15.9 Å². The summed E-state index contributed by atoms with van der Waals surface area (Å²) >= 11 is 6.05. The monoisotopic (exact) mass is 497 g/mol. The summed E-state index contributed by atoms with van der Waals surface area (Å²) in [7, 11) is 0. The molecule has 0 unspecified atom stereocenters. The van der Waals surface area contributed by atoms with Crippen LogP contribution in [-0.2, 0) is 0 Å². The molecule has 0 saturated heterocycles. The van der Waals surface area contributed by atoms with Gasteiger partial charge in [0.15, 0.2) is 5.69 Å². The van der Waals surface area contributed by atoms with Crippen LogP contribution in [0.1, 0.15) is 23.0 Å². The zero-order chi connectivity index (χ0) is 24.9. The average molecular weight is 498 g/mol. The van der Waals surface area contributed by atoms with Crippen LogP contribution in [0.15, 0.2) is 52.2 Å². The normalized spacial score (nSPS) is 11.0. The van der Waals surface area contributed by atoms with Crippen molar-refractivity contribution < 1.29 is 19.1 Å². The molecule has 178 valence electrons. The van der Waals surface area contributed by atoms with Crippen LogP contribution in [-0.4, -0.2) is 49.0 Å². The third kappa shape index (κ3) is 4.77. The number of nitrogens with one attached hydrogen (secondary N) is 1. The first kappa shape index (κ1) is 23.3. The highest BCUT2D eigenvalue weighted by atomic mass is 35.5. The van der Waals surface area contributed by atoms with Crippen molar-refractivity contribution in [3.8, 4) is 22.8 Å². The van der Waals surface area contributed by atoms with Gasteiger partial charge >= 0.3 is 0 Å². The molecule has 2 heterocycles. The zero-order valence-corrected chi connectivity index (χ0v) is 18.7. The second-order valence-corrected chi connectivity index (χ2v) is 7.17. The topological polar surface area (TPSA) is 189 Å². The molecule has 1 amide bonds. The summed E-state index contributed by atoms with van der Waals surface area (Å²) in [6, 6.07) is 11.0. The van der Waals surface area contributed by atoms with Crippen molar-refractivity contribution in [1.29, 1.82) is 0 Å². The van der Waals surface area contributed by atoms with Gasteiger partial charge in [0.05, 0.1) is 28.3 Å². The Morgan fingerprint density at radius 2 is 2.14 bits per heavy atom. The number of ether oxygens (including phenoxy) is 1. The molecule has 0 aliphatic carbocycles. The lowest BCUT2D eigenvalue weighted by Crippen LogP contribution is -2.19. The summed E-state index contributed by atoms with van der Waals surface area (Å²) in [5.74, 6) is -0.287. The SMILES string of the molecule is CCOc1cccc(-c2c(C(=O)NN=Cc3c(Cl)cccc3[N+](=O)[O-])nnn2-c2nonc2N)c1. The van der Waals surface area contributed by atoms with Gasteiger partial charge in [-0.25, -0.2) is 10.1 Å². The molecule has 0 fully saturated rings. The Balaban J connectivity index is 1.72. The third-order valence-corrected chi connectivity index (χ3v) is 4.92. The standard InChI is InChI=1S/C20H16ClN9O5/c1-2-34-12-6-3-5-11(9-12)17-16(24-28-29(17)19-18(22)26-35-27-19)20(31)25-23-10-13-14(21)7-4-8-15(13)30(32)33/h3-10H,2H2,1H3,(H2,22,26)(H,25,31). The average Bonchev–Trinajstić information content (AvgIpc) is 3.46. The molecule has 4 rings (SSSR count). The number of nitro groups is 1. The number of rotatable bonds is 8. The van der Waals surface area contributed by atoms with Gasteiger partial charge in [-0.15, -0.1) is 5.10 Å². The highest BCUT2D eigenvalue weighted by molar-refractivity contribution is 6.33. The highest BCUT2D eigenvalue weighted by Gasteiger charge is 2.25. The van der Waals surface area contributed by atoms with Crippen LogP contribution in [0.5, 0.6) is 5.75 Å². The Labute approximate surface area is 201 Å². The van der Waals surface area contributed by atoms with E-state index in [4.69, 9.17) is 22.1 Å². The lowest BCUT2D eigenvalue weighted by Gasteiger charge is -2.08. The molecular weight excluding hydrogens is 482 g/mol. The van der Waals surface area contributed by atoms with E-state index in [1.54, 1.807) is 24.3 Å². The maximum atomic E-state index is 13.0. The Kier molecular flexibility index (Phi) is 6.64. The Morgan fingerprint density at radius 1 is 1.34 bits per heavy atom. The van der Waals surface area contributed by atoms with Gasteiger partial charge in [0.2, 0.25) is 11.6 Å². The summed E-state index contributed by atoms with van der Waals surface area (Å²) in [6.07, 6.45) is 1.07. The van der Waals surface area contributed by atoms with Gasteiger partial charge in [-0.05, 0) is 35.4 Å². The van der Waals surface area contributed by atoms with E-state index in [9.17, 15) is 14.9 Å². The molecule has 0 spiro atoms. The molecular formula is C20H16ClN9O5. The van der Waals surface area contributed by atoms with E-state index in [-0.39, 0.29) is 39.3 Å². The number of halogens is 1. The molecule has 0 radical (unpaired) electrons. The molecule has 0 saturated carbocycles. The number of carbonyl (C=O) groups is 1. The molecule has 4 aromatic rings. The second kappa shape index (κ2) is 9.96. The highest BCUT2D eigenvalue weighted by Crippen LogP contribution is 2.29. The molecule has 14 nitrogen and oxygen atoms in total. The molecule has 2 aromatic carbocycles. The van der Waals surface area contributed by atoms with Crippen molar-refractivity contribution in [1.82, 2.24) is 30.7 Å². The molecule has 0 aliphatic heterocycles. The number of carbonyl (C=O) groups excluding carboxylic acids is 1. The lowest BCUT2D eigenvalue weighted by molar-refractivity contribution is -0.385. The minimum Gasteiger partial charge on any atom is -0.494 e. The first-order chi connectivity index (χ1) is 16.9. The summed E-state index contributed by atoms with van der Waals surface area (Å²) in [4.78, 5) is 23.6. The number of hydrazone groups is 1. The first-order valence-corrected chi connectivity index (χ1v) is 10.3. The summed E-state index contributed by atoms with van der Waals surface area (Å²) in [6.45, 7) is 2.26. The summed E-state index contributed by atoms with van der Waals surface area (Å²) in [5, 5.41) is 30.3. The van der Waals surface area contributed by atoms with Gasteiger partial charge in [-0.1, -0.05) is 35.0 Å². The van der Waals surface area contributed by atoms with Crippen LogP contribution in [0.2, 0.25) is 5.02 Å². The van der Waals surface area contributed by atoms with Crippen molar-refractivity contribution in [2.45, 2.75) is 6.92 Å². The number of hydrogen-bond donors (Lipinski definition) is 2. The van der Waals surface area contributed by atoms with Gasteiger partial charge in [0.1, 0.15) is 11.4 Å². The van der Waals surface area contributed by atoms with E-state index in [1.807, 2.05) is 6.92 Å². The number of aromatic nitrogens is 5. The van der Waals surface area contributed by atoms with E-state index >= 15 is 0 Å². The summed E-state index contributed by atoms with van der Waals surface area (Å²) < 4.78 is 11.4. The number of hydrogen-bond acceptors (Lipinski definition) is 11. The second-order valence-electron chi connectivity index (χ2n) is 6.76. The number of amides is 1. The molecule has 15 heteroatoms. The quantitative estimate of drug-likeness (QED) is 0.208. The molecule has 3 N–H and O–H groups in total. The summed E-state index contributed by atoms with van der Waals surface area (Å²) in [5.41, 5.74) is 8.38. The van der Waals surface area contributed by atoms with E-state index in [2.05, 4.69) is 35.8 Å². The number of nitro benzene ring substituents is 1. The number of benzene rings is 2. The maximum absolute atomic E-state index is 13.0. The minimum atomic E-state index is -0.769. The molecule has 0 atom stereocenters. The van der Waals surface area contributed by atoms with E-state index in [0.29, 0.717) is 17.9 Å². The van der Waals surface area contributed by atoms with Crippen LogP contribution >= 0.6 is 11.6 Å². The smallest absolute Gasteiger partial charge is 0.294 e. The zero-order valence-electron chi connectivity index (χ0n) is 18.0. The number of nitrogens with zero attached hydrogens (tertiary/aromatic N) is 7. The Hall–Kier alpha value is -4.85. The van der Waals surface area contributed by atoms with Crippen molar-refractivity contribution in [2.24, 2.45) is 5.10 Å².